The molecule has 0 saturated carbocycles. The van der Waals surface area contributed by atoms with E-state index in [-0.39, 0.29) is 12.0 Å². The van der Waals surface area contributed by atoms with Crippen molar-refractivity contribution < 1.29 is 9.53 Å². The summed E-state index contributed by atoms with van der Waals surface area (Å²) < 4.78 is 5.34. The molecule has 3 nitrogen and oxygen atoms in total. The highest BCUT2D eigenvalue weighted by molar-refractivity contribution is 5.80. The van der Waals surface area contributed by atoms with Gasteiger partial charge >= 0.3 is 0 Å². The standard InChI is InChI=1S/C14H19NO2/c1-10-5-6-12(11(2)8-10)9-15-14(16)13-4-3-7-17-13/h5-6,8,13H,3-4,7,9H2,1-2H3,(H,15,16). The molecular formula is C14H19NO2. The number of hydrogen-bond donors (Lipinski definition) is 1. The van der Waals surface area contributed by atoms with Gasteiger partial charge in [-0.1, -0.05) is 23.8 Å². The fraction of sp³-hybridized carbons (Fsp3) is 0.500. The third-order valence-electron chi connectivity index (χ3n) is 3.17. The summed E-state index contributed by atoms with van der Waals surface area (Å²) in [4.78, 5) is 11.8. The van der Waals surface area contributed by atoms with Gasteiger partial charge in [0.25, 0.3) is 0 Å². The topological polar surface area (TPSA) is 38.3 Å². The lowest BCUT2D eigenvalue weighted by Gasteiger charge is -2.12. The Morgan fingerprint density at radius 2 is 2.29 bits per heavy atom. The van der Waals surface area contributed by atoms with Crippen molar-refractivity contribution in [1.29, 1.82) is 0 Å². The summed E-state index contributed by atoms with van der Waals surface area (Å²) in [6.07, 6.45) is 1.60. The molecule has 1 amide bonds. The predicted molar refractivity (Wildman–Crippen MR) is 66.7 cm³/mol. The molecule has 1 saturated heterocycles. The first kappa shape index (κ1) is 12.1. The van der Waals surface area contributed by atoms with Crippen LogP contribution in [-0.2, 0) is 16.1 Å². The largest absolute Gasteiger partial charge is 0.368 e. The van der Waals surface area contributed by atoms with Crippen molar-refractivity contribution >= 4 is 5.91 Å². The van der Waals surface area contributed by atoms with Crippen LogP contribution in [0.15, 0.2) is 18.2 Å². The van der Waals surface area contributed by atoms with E-state index in [4.69, 9.17) is 4.74 Å². The summed E-state index contributed by atoms with van der Waals surface area (Å²) in [5, 5.41) is 2.94. The molecule has 1 aromatic rings. The quantitative estimate of drug-likeness (QED) is 0.868. The van der Waals surface area contributed by atoms with Gasteiger partial charge in [-0.3, -0.25) is 4.79 Å². The fourth-order valence-corrected chi connectivity index (χ4v) is 2.12. The average Bonchev–Trinajstić information content (AvgIpc) is 2.81. The molecule has 2 rings (SSSR count). The van der Waals surface area contributed by atoms with E-state index in [1.54, 1.807) is 0 Å². The minimum atomic E-state index is -0.235. The second-order valence-corrected chi connectivity index (χ2v) is 4.65. The molecule has 0 bridgehead atoms. The molecular weight excluding hydrogens is 214 g/mol. The summed E-state index contributed by atoms with van der Waals surface area (Å²) in [6.45, 7) is 5.44. The lowest BCUT2D eigenvalue weighted by Crippen LogP contribution is -2.33. The molecule has 0 spiro atoms. The summed E-state index contributed by atoms with van der Waals surface area (Å²) in [6, 6.07) is 6.27. The number of nitrogens with one attached hydrogen (secondary N) is 1. The second kappa shape index (κ2) is 5.32. The number of hydrogen-bond acceptors (Lipinski definition) is 2. The van der Waals surface area contributed by atoms with E-state index in [9.17, 15) is 4.79 Å². The van der Waals surface area contributed by atoms with Gasteiger partial charge in [0.05, 0.1) is 0 Å². The molecule has 1 aliphatic rings. The first-order valence-corrected chi connectivity index (χ1v) is 6.12. The highest BCUT2D eigenvalue weighted by Gasteiger charge is 2.23. The maximum absolute atomic E-state index is 11.8. The van der Waals surface area contributed by atoms with Crippen molar-refractivity contribution in [3.63, 3.8) is 0 Å². The zero-order valence-electron chi connectivity index (χ0n) is 10.5. The van der Waals surface area contributed by atoms with Gasteiger partial charge in [0.1, 0.15) is 6.10 Å². The maximum atomic E-state index is 11.8. The van der Waals surface area contributed by atoms with Gasteiger partial charge in [-0.15, -0.1) is 0 Å². The molecule has 1 N–H and O–H groups in total. The minimum absolute atomic E-state index is 0.0162. The molecule has 1 heterocycles. The monoisotopic (exact) mass is 233 g/mol. The first-order valence-electron chi connectivity index (χ1n) is 6.12. The summed E-state index contributed by atoms with van der Waals surface area (Å²) in [7, 11) is 0. The van der Waals surface area contributed by atoms with Crippen LogP contribution in [0.3, 0.4) is 0 Å². The Bertz CT molecular complexity index is 409. The van der Waals surface area contributed by atoms with Crippen LogP contribution in [0.4, 0.5) is 0 Å². The van der Waals surface area contributed by atoms with Crippen LogP contribution in [-0.4, -0.2) is 18.6 Å². The van der Waals surface area contributed by atoms with Gasteiger partial charge in [-0.2, -0.15) is 0 Å². The third kappa shape index (κ3) is 3.07. The zero-order valence-corrected chi connectivity index (χ0v) is 10.5. The van der Waals surface area contributed by atoms with Crippen LogP contribution in [0, 0.1) is 13.8 Å². The van der Waals surface area contributed by atoms with Crippen LogP contribution in [0.2, 0.25) is 0 Å². The van der Waals surface area contributed by atoms with E-state index in [1.165, 1.54) is 16.7 Å². The molecule has 1 atom stereocenters. The van der Waals surface area contributed by atoms with Gasteiger partial charge < -0.3 is 10.1 Å². The van der Waals surface area contributed by atoms with Gasteiger partial charge in [0, 0.05) is 13.2 Å². The SMILES string of the molecule is Cc1ccc(CNC(=O)C2CCCO2)c(C)c1. The van der Waals surface area contributed by atoms with Crippen LogP contribution in [0.25, 0.3) is 0 Å². The van der Waals surface area contributed by atoms with Crippen LogP contribution in [0.1, 0.15) is 29.5 Å². The Balaban J connectivity index is 1.90. The van der Waals surface area contributed by atoms with Gasteiger partial charge in [-0.05, 0) is 37.8 Å². The van der Waals surface area contributed by atoms with Crippen LogP contribution in [0.5, 0.6) is 0 Å². The Hall–Kier alpha value is -1.35. The number of carbonyl (C=O) groups excluding carboxylic acids is 1. The molecule has 0 radical (unpaired) electrons. The van der Waals surface area contributed by atoms with E-state index < -0.39 is 0 Å². The van der Waals surface area contributed by atoms with Gasteiger partial charge in [-0.25, -0.2) is 0 Å². The number of benzene rings is 1. The fourth-order valence-electron chi connectivity index (χ4n) is 2.12. The second-order valence-electron chi connectivity index (χ2n) is 4.65. The number of carbonyl (C=O) groups is 1. The first-order chi connectivity index (χ1) is 8.16. The summed E-state index contributed by atoms with van der Waals surface area (Å²) >= 11 is 0. The number of amides is 1. The average molecular weight is 233 g/mol. The highest BCUT2D eigenvalue weighted by atomic mass is 16.5. The number of ether oxygens (including phenoxy) is 1. The van der Waals surface area contributed by atoms with Crippen molar-refractivity contribution in [1.82, 2.24) is 5.32 Å². The smallest absolute Gasteiger partial charge is 0.249 e. The molecule has 1 aliphatic heterocycles. The molecule has 0 aliphatic carbocycles. The third-order valence-corrected chi connectivity index (χ3v) is 3.17. The van der Waals surface area contributed by atoms with Crippen molar-refractivity contribution in [2.75, 3.05) is 6.61 Å². The lowest BCUT2D eigenvalue weighted by molar-refractivity contribution is -0.130. The number of aryl methyl sites for hydroxylation is 2. The maximum Gasteiger partial charge on any atom is 0.249 e. The Kier molecular flexibility index (Phi) is 3.79. The molecule has 92 valence electrons. The summed E-state index contributed by atoms with van der Waals surface area (Å²) in [5.41, 5.74) is 3.64. The Morgan fingerprint density at radius 1 is 1.47 bits per heavy atom. The molecule has 1 fully saturated rings. The van der Waals surface area contributed by atoms with E-state index in [2.05, 4.69) is 37.4 Å². The lowest BCUT2D eigenvalue weighted by atomic mass is 10.1. The van der Waals surface area contributed by atoms with E-state index in [0.717, 1.165) is 12.8 Å². The van der Waals surface area contributed by atoms with Crippen molar-refractivity contribution in [3.8, 4) is 0 Å². The Morgan fingerprint density at radius 3 is 2.94 bits per heavy atom. The molecule has 3 heteroatoms. The highest BCUT2D eigenvalue weighted by Crippen LogP contribution is 2.13. The molecule has 1 aromatic carbocycles. The number of rotatable bonds is 3. The van der Waals surface area contributed by atoms with Crippen molar-refractivity contribution in [2.45, 2.75) is 39.3 Å². The van der Waals surface area contributed by atoms with Crippen molar-refractivity contribution in [3.05, 3.63) is 34.9 Å². The van der Waals surface area contributed by atoms with Gasteiger partial charge in [0.15, 0.2) is 0 Å². The predicted octanol–water partition coefficient (Wildman–Crippen LogP) is 2.10. The van der Waals surface area contributed by atoms with Crippen LogP contribution < -0.4 is 5.32 Å². The molecule has 1 unspecified atom stereocenters. The summed E-state index contributed by atoms with van der Waals surface area (Å²) in [5.74, 6) is 0.0162. The van der Waals surface area contributed by atoms with E-state index in [0.29, 0.717) is 13.2 Å². The minimum Gasteiger partial charge on any atom is -0.368 e. The zero-order chi connectivity index (χ0) is 12.3. The van der Waals surface area contributed by atoms with E-state index >= 15 is 0 Å². The van der Waals surface area contributed by atoms with Gasteiger partial charge in [0.2, 0.25) is 5.91 Å². The molecule has 17 heavy (non-hydrogen) atoms. The Labute approximate surface area is 102 Å². The van der Waals surface area contributed by atoms with E-state index in [1.807, 2.05) is 0 Å². The normalized spacial score (nSPS) is 19.3. The molecule has 0 aromatic heterocycles. The van der Waals surface area contributed by atoms with Crippen molar-refractivity contribution in [2.24, 2.45) is 0 Å². The van der Waals surface area contributed by atoms with Crippen LogP contribution >= 0.6 is 0 Å².